The third-order valence-electron chi connectivity index (χ3n) is 5.66. The Kier molecular flexibility index (Phi) is 6.53. The minimum atomic E-state index is -0.549. The molecular formula is C25H27ClN2O4. The fourth-order valence-corrected chi connectivity index (χ4v) is 4.16. The van der Waals surface area contributed by atoms with E-state index in [0.29, 0.717) is 41.3 Å². The van der Waals surface area contributed by atoms with Crippen molar-refractivity contribution in [3.63, 3.8) is 0 Å². The summed E-state index contributed by atoms with van der Waals surface area (Å²) in [5.74, 6) is 0.543. The first-order valence-electron chi connectivity index (χ1n) is 10.9. The summed E-state index contributed by atoms with van der Waals surface area (Å²) in [6.07, 6.45) is 2.00. The Morgan fingerprint density at radius 2 is 1.97 bits per heavy atom. The molecule has 1 aliphatic heterocycles. The van der Waals surface area contributed by atoms with Crippen LogP contribution in [0.2, 0.25) is 5.02 Å². The van der Waals surface area contributed by atoms with Crippen LogP contribution in [-0.4, -0.2) is 49.5 Å². The third kappa shape index (κ3) is 4.25. The summed E-state index contributed by atoms with van der Waals surface area (Å²) >= 11 is 6.14. The Labute approximate surface area is 192 Å². The average Bonchev–Trinajstić information content (AvgIpc) is 3.05. The molecule has 1 atom stereocenters. The molecule has 0 radical (unpaired) electrons. The molecule has 1 aromatic heterocycles. The van der Waals surface area contributed by atoms with Crippen molar-refractivity contribution in [2.45, 2.75) is 25.8 Å². The number of carbonyl (C=O) groups is 1. The molecule has 0 fully saturated rings. The maximum absolute atomic E-state index is 13.5. The molecule has 4 rings (SSSR count). The van der Waals surface area contributed by atoms with Crippen molar-refractivity contribution in [1.82, 2.24) is 9.80 Å². The number of nitrogens with zero attached hydrogens (tertiary/aromatic N) is 2. The fourth-order valence-electron chi connectivity index (χ4n) is 3.99. The van der Waals surface area contributed by atoms with Crippen molar-refractivity contribution >= 4 is 28.5 Å². The van der Waals surface area contributed by atoms with E-state index in [1.54, 1.807) is 23.1 Å². The largest absolute Gasteiger partial charge is 0.494 e. The average molecular weight is 455 g/mol. The second kappa shape index (κ2) is 9.35. The highest BCUT2D eigenvalue weighted by atomic mass is 35.5. The number of ether oxygens (including phenoxy) is 1. The van der Waals surface area contributed by atoms with Gasteiger partial charge in [-0.05, 0) is 56.4 Å². The highest BCUT2D eigenvalue weighted by Gasteiger charge is 2.42. The van der Waals surface area contributed by atoms with E-state index in [9.17, 15) is 9.59 Å². The van der Waals surface area contributed by atoms with E-state index in [-0.39, 0.29) is 17.1 Å². The van der Waals surface area contributed by atoms with Crippen LogP contribution in [0.4, 0.5) is 0 Å². The predicted octanol–water partition coefficient (Wildman–Crippen LogP) is 4.73. The Bertz CT molecular complexity index is 1200. The molecule has 0 spiro atoms. The lowest BCUT2D eigenvalue weighted by Crippen LogP contribution is -2.35. The van der Waals surface area contributed by atoms with Gasteiger partial charge in [-0.15, -0.1) is 0 Å². The molecule has 168 valence electrons. The predicted molar refractivity (Wildman–Crippen MR) is 126 cm³/mol. The number of hydrogen-bond acceptors (Lipinski definition) is 5. The molecule has 3 aromatic rings. The van der Waals surface area contributed by atoms with Gasteiger partial charge in [0, 0.05) is 18.1 Å². The Morgan fingerprint density at radius 1 is 1.16 bits per heavy atom. The molecule has 2 aromatic carbocycles. The standard InChI is InChI=1S/C25H27ClN2O4/c1-4-5-13-31-18-8-6-7-16(14-18)22-21-23(29)19-15-17(26)9-10-20(19)32-24(21)25(30)28(22)12-11-27(2)3/h6-10,14-15,22H,4-5,11-13H2,1-3H3. The molecule has 0 saturated heterocycles. The first-order valence-corrected chi connectivity index (χ1v) is 11.2. The van der Waals surface area contributed by atoms with E-state index in [4.69, 9.17) is 20.8 Å². The van der Waals surface area contributed by atoms with Crippen molar-refractivity contribution in [1.29, 1.82) is 0 Å². The number of amides is 1. The van der Waals surface area contributed by atoms with E-state index in [2.05, 4.69) is 6.92 Å². The first kappa shape index (κ1) is 22.4. The second-order valence-electron chi connectivity index (χ2n) is 8.29. The summed E-state index contributed by atoms with van der Waals surface area (Å²) in [4.78, 5) is 30.6. The summed E-state index contributed by atoms with van der Waals surface area (Å²) < 4.78 is 11.8. The number of carbonyl (C=O) groups excluding carboxylic acids is 1. The zero-order valence-corrected chi connectivity index (χ0v) is 19.3. The maximum Gasteiger partial charge on any atom is 0.290 e. The highest BCUT2D eigenvalue weighted by molar-refractivity contribution is 6.31. The van der Waals surface area contributed by atoms with Gasteiger partial charge in [0.05, 0.1) is 23.6 Å². The Hall–Kier alpha value is -2.83. The number of likely N-dealkylation sites (N-methyl/N-ethyl adjacent to an activating group) is 1. The lowest BCUT2D eigenvalue weighted by molar-refractivity contribution is 0.0716. The van der Waals surface area contributed by atoms with Crippen LogP contribution in [-0.2, 0) is 0 Å². The molecule has 2 heterocycles. The summed E-state index contributed by atoms with van der Waals surface area (Å²) in [6.45, 7) is 3.84. The summed E-state index contributed by atoms with van der Waals surface area (Å²) in [7, 11) is 3.90. The van der Waals surface area contributed by atoms with Gasteiger partial charge in [-0.25, -0.2) is 0 Å². The molecule has 6 nitrogen and oxygen atoms in total. The zero-order chi connectivity index (χ0) is 22.8. The van der Waals surface area contributed by atoms with Gasteiger partial charge < -0.3 is 19.0 Å². The number of hydrogen-bond donors (Lipinski definition) is 0. The number of rotatable bonds is 8. The number of fused-ring (bicyclic) bond motifs is 2. The van der Waals surface area contributed by atoms with E-state index in [1.807, 2.05) is 43.3 Å². The number of benzene rings is 2. The molecular weight excluding hydrogens is 428 g/mol. The van der Waals surface area contributed by atoms with Crippen LogP contribution in [0.1, 0.15) is 47.5 Å². The lowest BCUT2D eigenvalue weighted by Gasteiger charge is -2.26. The monoisotopic (exact) mass is 454 g/mol. The fraction of sp³-hybridized carbons (Fsp3) is 0.360. The molecule has 1 aliphatic rings. The van der Waals surface area contributed by atoms with Crippen LogP contribution < -0.4 is 10.2 Å². The molecule has 0 bridgehead atoms. The lowest BCUT2D eigenvalue weighted by atomic mass is 9.98. The van der Waals surface area contributed by atoms with Gasteiger partial charge in [0.1, 0.15) is 11.3 Å². The number of unbranched alkanes of at least 4 members (excludes halogenated alkanes) is 1. The van der Waals surface area contributed by atoms with Gasteiger partial charge in [-0.2, -0.15) is 0 Å². The molecule has 0 saturated carbocycles. The second-order valence-corrected chi connectivity index (χ2v) is 8.73. The minimum Gasteiger partial charge on any atom is -0.494 e. The molecule has 7 heteroatoms. The van der Waals surface area contributed by atoms with E-state index in [1.165, 1.54) is 0 Å². The SMILES string of the molecule is CCCCOc1cccc(C2c3c(oc4ccc(Cl)cc4c3=O)C(=O)N2CCN(C)C)c1. The maximum atomic E-state index is 13.5. The van der Waals surface area contributed by atoms with Gasteiger partial charge >= 0.3 is 0 Å². The van der Waals surface area contributed by atoms with Crippen molar-refractivity contribution in [3.8, 4) is 5.75 Å². The topological polar surface area (TPSA) is 63.0 Å². The van der Waals surface area contributed by atoms with Crippen LogP contribution >= 0.6 is 11.6 Å². The third-order valence-corrected chi connectivity index (χ3v) is 5.89. The van der Waals surface area contributed by atoms with Crippen LogP contribution in [0.5, 0.6) is 5.75 Å². The van der Waals surface area contributed by atoms with Gasteiger partial charge in [0.2, 0.25) is 5.76 Å². The van der Waals surface area contributed by atoms with Gasteiger partial charge in [-0.1, -0.05) is 37.1 Å². The van der Waals surface area contributed by atoms with Crippen LogP contribution in [0.15, 0.2) is 51.7 Å². The number of halogens is 1. The van der Waals surface area contributed by atoms with E-state index in [0.717, 1.165) is 24.2 Å². The van der Waals surface area contributed by atoms with Crippen molar-refractivity contribution in [2.75, 3.05) is 33.8 Å². The van der Waals surface area contributed by atoms with Crippen molar-refractivity contribution in [3.05, 3.63) is 74.6 Å². The Balaban J connectivity index is 1.84. The quantitative estimate of drug-likeness (QED) is 0.460. The summed E-state index contributed by atoms with van der Waals surface area (Å²) in [6, 6.07) is 11.9. The van der Waals surface area contributed by atoms with E-state index < -0.39 is 6.04 Å². The van der Waals surface area contributed by atoms with Crippen molar-refractivity contribution in [2.24, 2.45) is 0 Å². The first-order chi connectivity index (χ1) is 15.4. The smallest absolute Gasteiger partial charge is 0.290 e. The Morgan fingerprint density at radius 3 is 2.72 bits per heavy atom. The van der Waals surface area contributed by atoms with Gasteiger partial charge in [0.15, 0.2) is 5.43 Å². The van der Waals surface area contributed by atoms with Crippen LogP contribution in [0.25, 0.3) is 11.0 Å². The molecule has 0 aliphatic carbocycles. The summed E-state index contributed by atoms with van der Waals surface area (Å²) in [5, 5.41) is 0.820. The molecule has 0 N–H and O–H groups in total. The van der Waals surface area contributed by atoms with Crippen molar-refractivity contribution < 1.29 is 13.9 Å². The molecule has 1 unspecified atom stereocenters. The van der Waals surface area contributed by atoms with Crippen LogP contribution in [0.3, 0.4) is 0 Å². The summed E-state index contributed by atoms with van der Waals surface area (Å²) in [5.41, 5.74) is 1.30. The van der Waals surface area contributed by atoms with Gasteiger partial charge in [-0.3, -0.25) is 9.59 Å². The van der Waals surface area contributed by atoms with Crippen LogP contribution in [0, 0.1) is 0 Å². The normalized spacial score (nSPS) is 15.6. The molecule has 1 amide bonds. The highest BCUT2D eigenvalue weighted by Crippen LogP contribution is 2.39. The van der Waals surface area contributed by atoms with Gasteiger partial charge in [0.25, 0.3) is 5.91 Å². The minimum absolute atomic E-state index is 0.103. The molecule has 32 heavy (non-hydrogen) atoms. The van der Waals surface area contributed by atoms with E-state index >= 15 is 0 Å². The zero-order valence-electron chi connectivity index (χ0n) is 18.6.